The second-order valence-electron chi connectivity index (χ2n) is 4.00. The highest BCUT2D eigenvalue weighted by Gasteiger charge is 2.22. The molecule has 1 fully saturated rings. The third-order valence-corrected chi connectivity index (χ3v) is 2.73. The summed E-state index contributed by atoms with van der Waals surface area (Å²) in [6.07, 6.45) is 4.01. The predicted octanol–water partition coefficient (Wildman–Crippen LogP) is 1.81. The quantitative estimate of drug-likeness (QED) is 0.347. The van der Waals surface area contributed by atoms with E-state index in [0.29, 0.717) is 11.9 Å². The van der Waals surface area contributed by atoms with E-state index < -0.39 is 0 Å². The van der Waals surface area contributed by atoms with Crippen LogP contribution in [-0.4, -0.2) is 11.9 Å². The lowest BCUT2D eigenvalue weighted by atomic mass is 10.1. The Bertz CT molecular complexity index is 540. The Balaban J connectivity index is 2.09. The lowest BCUT2D eigenvalue weighted by Crippen LogP contribution is -2.31. The summed E-state index contributed by atoms with van der Waals surface area (Å²) in [5.74, 6) is 6.22. The average molecular weight is 215 g/mol. The lowest BCUT2D eigenvalue weighted by molar-refractivity contribution is 0.614. The van der Waals surface area contributed by atoms with E-state index in [0.717, 1.165) is 29.4 Å². The highest BCUT2D eigenvalue weighted by atomic mass is 16.3. The van der Waals surface area contributed by atoms with Crippen molar-refractivity contribution in [2.45, 2.75) is 18.9 Å². The van der Waals surface area contributed by atoms with Gasteiger partial charge < -0.3 is 9.84 Å². The van der Waals surface area contributed by atoms with Gasteiger partial charge in [-0.05, 0) is 18.9 Å². The summed E-state index contributed by atoms with van der Waals surface area (Å²) < 4.78 is 5.46. The minimum Gasteiger partial charge on any atom is -0.464 e. The van der Waals surface area contributed by atoms with Gasteiger partial charge in [0.2, 0.25) is 0 Å². The number of para-hydroxylation sites is 1. The summed E-state index contributed by atoms with van der Waals surface area (Å²) in [4.78, 5) is 4.52. The van der Waals surface area contributed by atoms with Crippen molar-refractivity contribution >= 4 is 16.8 Å². The van der Waals surface area contributed by atoms with Gasteiger partial charge in [0.05, 0.1) is 11.6 Å². The van der Waals surface area contributed by atoms with Crippen molar-refractivity contribution in [2.24, 2.45) is 10.8 Å². The number of amidine groups is 1. The van der Waals surface area contributed by atoms with E-state index in [2.05, 4.69) is 10.4 Å². The zero-order valence-electron chi connectivity index (χ0n) is 8.81. The SMILES string of the molecule is NNC(=NC1CC1)c1coc2ccccc12. The van der Waals surface area contributed by atoms with Gasteiger partial charge in [-0.15, -0.1) is 0 Å². The normalized spacial score (nSPS) is 16.7. The van der Waals surface area contributed by atoms with Crippen LogP contribution in [0.2, 0.25) is 0 Å². The average Bonchev–Trinajstić information content (AvgIpc) is 3.04. The molecule has 1 aliphatic rings. The second kappa shape index (κ2) is 3.64. The smallest absolute Gasteiger partial charge is 0.146 e. The predicted molar refractivity (Wildman–Crippen MR) is 63.1 cm³/mol. The molecule has 1 aromatic heterocycles. The van der Waals surface area contributed by atoms with Crippen molar-refractivity contribution in [1.82, 2.24) is 5.43 Å². The summed E-state index contributed by atoms with van der Waals surface area (Å²) in [6, 6.07) is 8.30. The molecular weight excluding hydrogens is 202 g/mol. The lowest BCUT2D eigenvalue weighted by Gasteiger charge is -2.02. The van der Waals surface area contributed by atoms with Crippen molar-refractivity contribution in [3.8, 4) is 0 Å². The van der Waals surface area contributed by atoms with Crippen LogP contribution in [0, 0.1) is 0 Å². The molecule has 0 saturated heterocycles. The number of hydrogen-bond acceptors (Lipinski definition) is 3. The summed E-state index contributed by atoms with van der Waals surface area (Å²) in [6.45, 7) is 0. The first-order chi connectivity index (χ1) is 7.88. The summed E-state index contributed by atoms with van der Waals surface area (Å²) in [7, 11) is 0. The van der Waals surface area contributed by atoms with Crippen molar-refractivity contribution in [2.75, 3.05) is 0 Å². The van der Waals surface area contributed by atoms with E-state index in [1.165, 1.54) is 0 Å². The number of nitrogens with two attached hydrogens (primary N) is 1. The molecule has 4 nitrogen and oxygen atoms in total. The van der Waals surface area contributed by atoms with Crippen molar-refractivity contribution in [1.29, 1.82) is 0 Å². The van der Waals surface area contributed by atoms with Crippen molar-refractivity contribution < 1.29 is 4.42 Å². The number of rotatable bonds is 2. The van der Waals surface area contributed by atoms with Crippen molar-refractivity contribution in [3.63, 3.8) is 0 Å². The fourth-order valence-corrected chi connectivity index (χ4v) is 1.73. The second-order valence-corrected chi connectivity index (χ2v) is 4.00. The molecule has 82 valence electrons. The Kier molecular flexibility index (Phi) is 2.15. The molecule has 1 heterocycles. The minimum atomic E-state index is 0.430. The molecule has 0 aliphatic heterocycles. The molecular formula is C12H13N3O. The number of hydrogen-bond donors (Lipinski definition) is 2. The standard InChI is InChI=1S/C12H13N3O/c13-15-12(14-8-5-6-8)10-7-16-11-4-2-1-3-9(10)11/h1-4,7-8H,5-6,13H2,(H,14,15). The van der Waals surface area contributed by atoms with Crippen LogP contribution in [0.1, 0.15) is 18.4 Å². The zero-order valence-corrected chi connectivity index (χ0v) is 8.81. The number of aliphatic imine (C=N–C) groups is 1. The van der Waals surface area contributed by atoms with E-state index in [9.17, 15) is 0 Å². The van der Waals surface area contributed by atoms with Crippen LogP contribution < -0.4 is 11.3 Å². The van der Waals surface area contributed by atoms with E-state index in [-0.39, 0.29) is 0 Å². The molecule has 16 heavy (non-hydrogen) atoms. The number of hydrazine groups is 1. The molecule has 1 aromatic carbocycles. The van der Waals surface area contributed by atoms with Gasteiger partial charge in [-0.2, -0.15) is 0 Å². The highest BCUT2D eigenvalue weighted by Crippen LogP contribution is 2.26. The first-order valence-corrected chi connectivity index (χ1v) is 5.39. The van der Waals surface area contributed by atoms with Gasteiger partial charge in [0.15, 0.2) is 0 Å². The molecule has 1 saturated carbocycles. The third-order valence-electron chi connectivity index (χ3n) is 2.73. The molecule has 0 bridgehead atoms. The van der Waals surface area contributed by atoms with E-state index >= 15 is 0 Å². The number of nitrogens with one attached hydrogen (secondary N) is 1. The maximum Gasteiger partial charge on any atom is 0.146 e. The Morgan fingerprint density at radius 2 is 2.19 bits per heavy atom. The van der Waals surface area contributed by atoms with Crippen LogP contribution in [0.25, 0.3) is 11.0 Å². The van der Waals surface area contributed by atoms with Gasteiger partial charge in [-0.1, -0.05) is 18.2 Å². The molecule has 0 atom stereocenters. The molecule has 1 aliphatic carbocycles. The molecule has 0 spiro atoms. The first-order valence-electron chi connectivity index (χ1n) is 5.39. The van der Waals surface area contributed by atoms with Gasteiger partial charge in [0, 0.05) is 5.39 Å². The highest BCUT2D eigenvalue weighted by molar-refractivity contribution is 6.08. The van der Waals surface area contributed by atoms with Gasteiger partial charge in [0.1, 0.15) is 17.7 Å². The zero-order chi connectivity index (χ0) is 11.0. The number of benzene rings is 1. The number of furan rings is 1. The van der Waals surface area contributed by atoms with Crippen LogP contribution >= 0.6 is 0 Å². The molecule has 3 N–H and O–H groups in total. The van der Waals surface area contributed by atoms with Crippen LogP contribution in [-0.2, 0) is 0 Å². The fourth-order valence-electron chi connectivity index (χ4n) is 1.73. The largest absolute Gasteiger partial charge is 0.464 e. The maximum atomic E-state index is 5.51. The minimum absolute atomic E-state index is 0.430. The number of nitrogens with zero attached hydrogens (tertiary/aromatic N) is 1. The maximum absolute atomic E-state index is 5.51. The Morgan fingerprint density at radius 1 is 1.38 bits per heavy atom. The number of fused-ring (bicyclic) bond motifs is 1. The Morgan fingerprint density at radius 3 is 2.94 bits per heavy atom. The van der Waals surface area contributed by atoms with Gasteiger partial charge >= 0.3 is 0 Å². The first kappa shape index (κ1) is 9.42. The molecule has 3 rings (SSSR count). The Labute approximate surface area is 93.1 Å². The van der Waals surface area contributed by atoms with E-state index in [4.69, 9.17) is 10.3 Å². The summed E-state index contributed by atoms with van der Waals surface area (Å²) >= 11 is 0. The van der Waals surface area contributed by atoms with Gasteiger partial charge in [0.25, 0.3) is 0 Å². The molecule has 0 radical (unpaired) electrons. The fraction of sp³-hybridized carbons (Fsp3) is 0.250. The summed E-state index contributed by atoms with van der Waals surface area (Å²) in [5, 5.41) is 1.04. The Hall–Kier alpha value is -1.81. The molecule has 2 aromatic rings. The van der Waals surface area contributed by atoms with Crippen LogP contribution in [0.5, 0.6) is 0 Å². The molecule has 0 amide bonds. The van der Waals surface area contributed by atoms with Gasteiger partial charge in [-0.3, -0.25) is 4.99 Å². The van der Waals surface area contributed by atoms with Crippen molar-refractivity contribution in [3.05, 3.63) is 36.1 Å². The monoisotopic (exact) mass is 215 g/mol. The van der Waals surface area contributed by atoms with E-state index in [1.54, 1.807) is 6.26 Å². The van der Waals surface area contributed by atoms with Gasteiger partial charge in [-0.25, -0.2) is 5.84 Å². The van der Waals surface area contributed by atoms with Crippen LogP contribution in [0.15, 0.2) is 39.9 Å². The molecule has 4 heteroatoms. The van der Waals surface area contributed by atoms with Crippen LogP contribution in [0.4, 0.5) is 0 Å². The third kappa shape index (κ3) is 1.57. The molecule has 0 unspecified atom stereocenters. The topological polar surface area (TPSA) is 63.5 Å². The van der Waals surface area contributed by atoms with Crippen LogP contribution in [0.3, 0.4) is 0 Å². The summed E-state index contributed by atoms with van der Waals surface area (Å²) in [5.41, 5.74) is 4.45. The van der Waals surface area contributed by atoms with E-state index in [1.807, 2.05) is 24.3 Å².